The summed E-state index contributed by atoms with van der Waals surface area (Å²) in [4.78, 5) is 41.3. The summed E-state index contributed by atoms with van der Waals surface area (Å²) in [7, 11) is 3.29. The van der Waals surface area contributed by atoms with E-state index in [2.05, 4.69) is 26.1 Å². The summed E-state index contributed by atoms with van der Waals surface area (Å²) in [5.41, 5.74) is 0.937. The topological polar surface area (TPSA) is 105 Å². The molecule has 2 N–H and O–H groups in total. The molecule has 1 aromatic rings. The van der Waals surface area contributed by atoms with Crippen LogP contribution in [0.5, 0.6) is 0 Å². The van der Waals surface area contributed by atoms with Crippen LogP contribution >= 0.6 is 0 Å². The van der Waals surface area contributed by atoms with Crippen LogP contribution in [0.15, 0.2) is 30.3 Å². The van der Waals surface area contributed by atoms with Crippen molar-refractivity contribution in [3.05, 3.63) is 35.9 Å². The maximum absolute atomic E-state index is 13.9. The molecule has 0 aromatic heterocycles. The number of nitrogens with zero attached hydrogens (tertiary/aromatic N) is 1. The number of aliphatic carboxylic acids is 1. The molecule has 2 fully saturated rings. The number of benzene rings is 1. The number of likely N-dealkylation sites (tertiary alicyclic amines) is 1. The van der Waals surface area contributed by atoms with Gasteiger partial charge in [-0.25, -0.2) is 4.79 Å². The van der Waals surface area contributed by atoms with Gasteiger partial charge in [-0.05, 0) is 48.5 Å². The Bertz CT molecular complexity index is 997. The average molecular weight is 573 g/mol. The lowest BCUT2D eigenvalue weighted by atomic mass is 9.81. The number of hydrogen-bond donors (Lipinski definition) is 2. The van der Waals surface area contributed by atoms with Gasteiger partial charge in [0, 0.05) is 27.2 Å². The van der Waals surface area contributed by atoms with Crippen LogP contribution in [0.25, 0.3) is 0 Å². The molecule has 2 aliphatic rings. The first-order valence-corrected chi connectivity index (χ1v) is 15.5. The van der Waals surface area contributed by atoms with Crippen molar-refractivity contribution in [2.45, 2.75) is 110 Å². The van der Waals surface area contributed by atoms with Crippen LogP contribution in [0.2, 0.25) is 0 Å². The van der Waals surface area contributed by atoms with E-state index in [1.807, 2.05) is 35.2 Å². The Morgan fingerprint density at radius 3 is 2.32 bits per heavy atom. The van der Waals surface area contributed by atoms with Crippen molar-refractivity contribution in [2.24, 2.45) is 23.2 Å². The third kappa shape index (κ3) is 8.54. The molecule has 7 atom stereocenters. The maximum atomic E-state index is 13.9. The Morgan fingerprint density at radius 2 is 1.78 bits per heavy atom. The first-order chi connectivity index (χ1) is 19.6. The number of carbonyl (C=O) groups is 3. The van der Waals surface area contributed by atoms with Crippen molar-refractivity contribution in [1.29, 1.82) is 0 Å². The van der Waals surface area contributed by atoms with Crippen molar-refractivity contribution < 1.29 is 29.0 Å². The standard InChI is InChI=1S/C33H52N2O6/c1-7-9-15-25(22(3)8-2)28(40-5)19-29(36)35-21-33(16-17-33)20-27(35)30(41-6)23(4)31(37)34-26(32(38)39)18-24-13-11-10-12-14-24/h10-14,22-23,25-28,30H,7-9,15-21H2,1-6H3,(H,34,37)(H,38,39)/t22-,23+,25-,26-,27-,28?,30+/m0/s1. The van der Waals surface area contributed by atoms with Crippen molar-refractivity contribution in [3.8, 4) is 0 Å². The zero-order chi connectivity index (χ0) is 30.2. The molecule has 1 aliphatic heterocycles. The number of rotatable bonds is 17. The van der Waals surface area contributed by atoms with E-state index in [0.29, 0.717) is 24.8 Å². The van der Waals surface area contributed by atoms with Gasteiger partial charge in [-0.15, -0.1) is 0 Å². The third-order valence-electron chi connectivity index (χ3n) is 9.70. The van der Waals surface area contributed by atoms with Gasteiger partial charge in [0.05, 0.1) is 30.6 Å². The van der Waals surface area contributed by atoms with Crippen LogP contribution in [0.1, 0.15) is 84.6 Å². The van der Waals surface area contributed by atoms with Crippen molar-refractivity contribution in [3.63, 3.8) is 0 Å². The van der Waals surface area contributed by atoms with E-state index in [9.17, 15) is 19.5 Å². The van der Waals surface area contributed by atoms with Gasteiger partial charge in [0.2, 0.25) is 11.8 Å². The molecule has 1 heterocycles. The molecule has 2 amide bonds. The molecule has 3 rings (SSSR count). The van der Waals surface area contributed by atoms with E-state index in [1.165, 1.54) is 0 Å². The van der Waals surface area contributed by atoms with Crippen molar-refractivity contribution in [2.75, 3.05) is 20.8 Å². The molecule has 8 heteroatoms. The number of unbranched alkanes of at least 4 members (excludes halogenated alkanes) is 1. The molecule has 1 spiro atoms. The second-order valence-corrected chi connectivity index (χ2v) is 12.5. The first kappa shape index (κ1) is 33.1. The fourth-order valence-electron chi connectivity index (χ4n) is 6.68. The Labute approximate surface area is 246 Å². The van der Waals surface area contributed by atoms with E-state index in [0.717, 1.165) is 50.5 Å². The highest BCUT2D eigenvalue weighted by Gasteiger charge is 2.56. The highest BCUT2D eigenvalue weighted by atomic mass is 16.5. The number of methoxy groups -OCH3 is 2. The molecule has 1 unspecified atom stereocenters. The second-order valence-electron chi connectivity index (χ2n) is 12.5. The molecule has 0 radical (unpaired) electrons. The number of hydrogen-bond acceptors (Lipinski definition) is 5. The molecule has 1 saturated heterocycles. The molecular weight excluding hydrogens is 520 g/mol. The van der Waals surface area contributed by atoms with Crippen LogP contribution in [-0.2, 0) is 30.3 Å². The normalized spacial score (nSPS) is 22.0. The van der Waals surface area contributed by atoms with Gasteiger partial charge in [-0.2, -0.15) is 0 Å². The van der Waals surface area contributed by atoms with Gasteiger partial charge < -0.3 is 24.8 Å². The van der Waals surface area contributed by atoms with Crippen molar-refractivity contribution in [1.82, 2.24) is 10.2 Å². The van der Waals surface area contributed by atoms with Gasteiger partial charge in [-0.1, -0.05) is 77.3 Å². The smallest absolute Gasteiger partial charge is 0.326 e. The minimum Gasteiger partial charge on any atom is -0.480 e. The predicted molar refractivity (Wildman–Crippen MR) is 159 cm³/mol. The molecule has 1 aliphatic carbocycles. The Kier molecular flexibility index (Phi) is 12.2. The molecule has 1 saturated carbocycles. The lowest BCUT2D eigenvalue weighted by Gasteiger charge is -2.36. The maximum Gasteiger partial charge on any atom is 0.326 e. The number of carboxylic acid groups (broad SMARTS) is 1. The Hall–Kier alpha value is -2.45. The summed E-state index contributed by atoms with van der Waals surface area (Å²) < 4.78 is 11.9. The minimum atomic E-state index is -1.08. The van der Waals surface area contributed by atoms with E-state index in [1.54, 1.807) is 21.1 Å². The molecule has 1 aromatic carbocycles. The van der Waals surface area contributed by atoms with Crippen LogP contribution in [0.4, 0.5) is 0 Å². The van der Waals surface area contributed by atoms with Crippen LogP contribution in [0, 0.1) is 23.2 Å². The van der Waals surface area contributed by atoms with Gasteiger partial charge in [0.25, 0.3) is 0 Å². The van der Waals surface area contributed by atoms with Gasteiger partial charge in [0.1, 0.15) is 6.04 Å². The largest absolute Gasteiger partial charge is 0.480 e. The number of ether oxygens (including phenoxy) is 2. The SMILES string of the molecule is CCCC[C@H](C(CC(=O)N1CC2(CC2)C[C@H]1[C@H](OC)[C@@H](C)C(=O)N[C@@H](Cc1ccccc1)C(=O)O)OC)[C@@H](C)CC. The van der Waals surface area contributed by atoms with E-state index < -0.39 is 24.0 Å². The zero-order valence-electron chi connectivity index (χ0n) is 25.9. The van der Waals surface area contributed by atoms with E-state index in [4.69, 9.17) is 9.47 Å². The summed E-state index contributed by atoms with van der Waals surface area (Å²) in [6.45, 7) is 9.07. The number of amides is 2. The van der Waals surface area contributed by atoms with E-state index in [-0.39, 0.29) is 35.8 Å². The Morgan fingerprint density at radius 1 is 1.10 bits per heavy atom. The third-order valence-corrected chi connectivity index (χ3v) is 9.70. The monoisotopic (exact) mass is 572 g/mol. The number of nitrogens with one attached hydrogen (secondary N) is 1. The summed E-state index contributed by atoms with van der Waals surface area (Å²) in [6, 6.07) is 7.97. The quantitative estimate of drug-likeness (QED) is 0.270. The van der Waals surface area contributed by atoms with E-state index >= 15 is 0 Å². The van der Waals surface area contributed by atoms with Gasteiger partial charge in [0.15, 0.2) is 0 Å². The molecular formula is C33H52N2O6. The summed E-state index contributed by atoms with van der Waals surface area (Å²) in [6.07, 6.45) is 7.04. The molecule has 8 nitrogen and oxygen atoms in total. The molecule has 0 bridgehead atoms. The van der Waals surface area contributed by atoms with Crippen LogP contribution in [-0.4, -0.2) is 72.8 Å². The summed E-state index contributed by atoms with van der Waals surface area (Å²) in [5.74, 6) is -1.28. The zero-order valence-corrected chi connectivity index (χ0v) is 25.9. The lowest BCUT2D eigenvalue weighted by molar-refractivity contribution is -0.145. The Balaban J connectivity index is 1.74. The molecule has 41 heavy (non-hydrogen) atoms. The van der Waals surface area contributed by atoms with Gasteiger partial charge in [-0.3, -0.25) is 9.59 Å². The minimum absolute atomic E-state index is 0.0533. The number of carbonyl (C=O) groups excluding carboxylic acids is 2. The fraction of sp³-hybridized carbons (Fsp3) is 0.727. The average Bonchev–Trinajstić information content (AvgIpc) is 3.62. The predicted octanol–water partition coefficient (Wildman–Crippen LogP) is 5.09. The number of carboxylic acids is 1. The summed E-state index contributed by atoms with van der Waals surface area (Å²) in [5, 5.41) is 12.6. The highest BCUT2D eigenvalue weighted by molar-refractivity contribution is 5.85. The van der Waals surface area contributed by atoms with Gasteiger partial charge >= 0.3 is 5.97 Å². The van der Waals surface area contributed by atoms with Crippen LogP contribution in [0.3, 0.4) is 0 Å². The molecule has 230 valence electrons. The fourth-order valence-corrected chi connectivity index (χ4v) is 6.68. The lowest BCUT2D eigenvalue weighted by Crippen LogP contribution is -2.52. The highest BCUT2D eigenvalue weighted by Crippen LogP contribution is 2.56. The first-order valence-electron chi connectivity index (χ1n) is 15.5. The second kappa shape index (κ2) is 15.1. The van der Waals surface area contributed by atoms with Crippen LogP contribution < -0.4 is 5.32 Å². The van der Waals surface area contributed by atoms with Crippen molar-refractivity contribution >= 4 is 17.8 Å². The summed E-state index contributed by atoms with van der Waals surface area (Å²) >= 11 is 0.